The first-order chi connectivity index (χ1) is 9.65. The second-order valence-electron chi connectivity index (χ2n) is 4.46. The molecule has 0 unspecified atom stereocenters. The average Bonchev–Trinajstić information content (AvgIpc) is 2.74. The van der Waals surface area contributed by atoms with E-state index in [1.54, 1.807) is 6.07 Å². The third-order valence-electron chi connectivity index (χ3n) is 3.04. The summed E-state index contributed by atoms with van der Waals surface area (Å²) in [6, 6.07) is 4.47. The van der Waals surface area contributed by atoms with Gasteiger partial charge in [-0.15, -0.1) is 11.6 Å². The van der Waals surface area contributed by atoms with Crippen LogP contribution < -0.4 is 5.32 Å². The first-order valence-electron chi connectivity index (χ1n) is 6.63. The number of hydrogen-bond acceptors (Lipinski definition) is 2. The molecular weight excluding hydrogens is 281 g/mol. The number of benzene rings is 1. The Bertz CT molecular complexity index is 612. The predicted octanol–water partition coefficient (Wildman–Crippen LogP) is 2.48. The van der Waals surface area contributed by atoms with E-state index in [2.05, 4.69) is 10.3 Å². The van der Waals surface area contributed by atoms with Gasteiger partial charge in [0, 0.05) is 31.8 Å². The summed E-state index contributed by atoms with van der Waals surface area (Å²) in [6.07, 6.45) is 0.929. The molecule has 1 N–H and O–H groups in total. The molecule has 0 atom stereocenters. The number of aryl methyl sites for hydroxylation is 2. The Labute approximate surface area is 121 Å². The fourth-order valence-electron chi connectivity index (χ4n) is 2.17. The van der Waals surface area contributed by atoms with E-state index < -0.39 is 0 Å². The maximum atomic E-state index is 13.4. The smallest absolute Gasteiger partial charge is 0.221 e. The number of imidazole rings is 1. The minimum atomic E-state index is -0.311. The zero-order chi connectivity index (χ0) is 14.5. The molecule has 0 spiro atoms. The minimum Gasteiger partial charge on any atom is -0.356 e. The molecule has 0 saturated heterocycles. The van der Waals surface area contributed by atoms with Crippen LogP contribution in [0.2, 0.25) is 0 Å². The second kappa shape index (κ2) is 6.70. The van der Waals surface area contributed by atoms with Crippen LogP contribution >= 0.6 is 11.6 Å². The second-order valence-corrected chi connectivity index (χ2v) is 4.83. The summed E-state index contributed by atoms with van der Waals surface area (Å²) in [4.78, 5) is 16.0. The van der Waals surface area contributed by atoms with Crippen molar-refractivity contribution in [1.82, 2.24) is 14.9 Å². The number of hydrogen-bond donors (Lipinski definition) is 1. The Kier molecular flexibility index (Phi) is 4.95. The molecule has 1 aromatic carbocycles. The number of fused-ring (bicyclic) bond motifs is 1. The Hall–Kier alpha value is -1.62. The fraction of sp³-hybridized carbons (Fsp3) is 0.429. The van der Waals surface area contributed by atoms with E-state index in [0.29, 0.717) is 37.3 Å². The highest BCUT2D eigenvalue weighted by atomic mass is 35.5. The van der Waals surface area contributed by atoms with Crippen LogP contribution in [0.5, 0.6) is 0 Å². The summed E-state index contributed by atoms with van der Waals surface area (Å²) in [5, 5.41) is 2.75. The molecule has 0 fully saturated rings. The maximum Gasteiger partial charge on any atom is 0.221 e. The topological polar surface area (TPSA) is 46.9 Å². The number of halogens is 2. The van der Waals surface area contributed by atoms with E-state index in [0.717, 1.165) is 11.3 Å². The molecular formula is C14H17ClFN3O. The molecule has 1 heterocycles. The molecule has 20 heavy (non-hydrogen) atoms. The lowest BCUT2D eigenvalue weighted by Crippen LogP contribution is -2.24. The van der Waals surface area contributed by atoms with Gasteiger partial charge in [0.1, 0.15) is 11.6 Å². The van der Waals surface area contributed by atoms with Crippen LogP contribution in [0.25, 0.3) is 11.0 Å². The summed E-state index contributed by atoms with van der Waals surface area (Å²) < 4.78 is 15.3. The van der Waals surface area contributed by atoms with Crippen LogP contribution in [-0.4, -0.2) is 27.9 Å². The standard InChI is InChI=1S/C14H17ClFN3O/c1-2-17-14(20)6-8-19-12-9-10(16)3-4-11(12)18-13(19)5-7-15/h3-4,9H,2,5-8H2,1H3,(H,17,20). The van der Waals surface area contributed by atoms with Crippen molar-refractivity contribution in [2.24, 2.45) is 0 Å². The monoisotopic (exact) mass is 297 g/mol. The van der Waals surface area contributed by atoms with Crippen molar-refractivity contribution in [1.29, 1.82) is 0 Å². The Morgan fingerprint density at radius 2 is 2.30 bits per heavy atom. The van der Waals surface area contributed by atoms with Crippen molar-refractivity contribution in [3.63, 3.8) is 0 Å². The van der Waals surface area contributed by atoms with Crippen LogP contribution in [0.15, 0.2) is 18.2 Å². The highest BCUT2D eigenvalue weighted by molar-refractivity contribution is 6.17. The lowest BCUT2D eigenvalue weighted by molar-refractivity contribution is -0.121. The summed E-state index contributed by atoms with van der Waals surface area (Å²) in [6.45, 7) is 2.95. The Morgan fingerprint density at radius 3 is 3.00 bits per heavy atom. The van der Waals surface area contributed by atoms with Crippen molar-refractivity contribution < 1.29 is 9.18 Å². The van der Waals surface area contributed by atoms with Crippen LogP contribution in [-0.2, 0) is 17.8 Å². The molecule has 0 saturated carbocycles. The first-order valence-corrected chi connectivity index (χ1v) is 7.16. The zero-order valence-electron chi connectivity index (χ0n) is 11.3. The van der Waals surface area contributed by atoms with Gasteiger partial charge in [-0.1, -0.05) is 0 Å². The van der Waals surface area contributed by atoms with Gasteiger partial charge in [0.05, 0.1) is 11.0 Å². The number of aromatic nitrogens is 2. The Morgan fingerprint density at radius 1 is 1.50 bits per heavy atom. The van der Waals surface area contributed by atoms with Gasteiger partial charge in [-0.2, -0.15) is 0 Å². The minimum absolute atomic E-state index is 0.0254. The van der Waals surface area contributed by atoms with E-state index >= 15 is 0 Å². The third kappa shape index (κ3) is 3.28. The molecule has 0 bridgehead atoms. The van der Waals surface area contributed by atoms with E-state index in [1.807, 2.05) is 11.5 Å². The number of nitrogens with zero attached hydrogens (tertiary/aromatic N) is 2. The first kappa shape index (κ1) is 14.8. The molecule has 1 amide bonds. The van der Waals surface area contributed by atoms with Crippen molar-refractivity contribution in [3.8, 4) is 0 Å². The maximum absolute atomic E-state index is 13.4. The number of alkyl halides is 1. The van der Waals surface area contributed by atoms with Gasteiger partial charge in [0.25, 0.3) is 0 Å². The molecule has 0 aliphatic rings. The lowest BCUT2D eigenvalue weighted by atomic mass is 10.3. The summed E-state index contributed by atoms with van der Waals surface area (Å²) in [5.74, 6) is 0.883. The molecule has 108 valence electrons. The number of rotatable bonds is 6. The largest absolute Gasteiger partial charge is 0.356 e. The Balaban J connectivity index is 2.30. The van der Waals surface area contributed by atoms with Gasteiger partial charge in [-0.3, -0.25) is 4.79 Å². The van der Waals surface area contributed by atoms with Crippen LogP contribution in [0, 0.1) is 5.82 Å². The van der Waals surface area contributed by atoms with Gasteiger partial charge in [-0.05, 0) is 25.1 Å². The van der Waals surface area contributed by atoms with E-state index in [9.17, 15) is 9.18 Å². The van der Waals surface area contributed by atoms with Crippen molar-refractivity contribution >= 4 is 28.5 Å². The highest BCUT2D eigenvalue weighted by Crippen LogP contribution is 2.19. The molecule has 2 aromatic rings. The third-order valence-corrected chi connectivity index (χ3v) is 3.23. The lowest BCUT2D eigenvalue weighted by Gasteiger charge is -2.08. The van der Waals surface area contributed by atoms with E-state index in [4.69, 9.17) is 11.6 Å². The molecule has 0 radical (unpaired) electrons. The van der Waals surface area contributed by atoms with E-state index in [-0.39, 0.29) is 11.7 Å². The van der Waals surface area contributed by atoms with Crippen molar-refractivity contribution in [2.45, 2.75) is 26.3 Å². The number of carbonyl (C=O) groups is 1. The van der Waals surface area contributed by atoms with Gasteiger partial charge < -0.3 is 9.88 Å². The normalized spacial score (nSPS) is 10.9. The summed E-state index contributed by atoms with van der Waals surface area (Å²) in [7, 11) is 0. The SMILES string of the molecule is CCNC(=O)CCn1c(CCCl)nc2ccc(F)cc21. The van der Waals surface area contributed by atoms with Crippen LogP contribution in [0.4, 0.5) is 4.39 Å². The molecule has 2 rings (SSSR count). The highest BCUT2D eigenvalue weighted by Gasteiger charge is 2.12. The quantitative estimate of drug-likeness (QED) is 0.833. The van der Waals surface area contributed by atoms with Gasteiger partial charge >= 0.3 is 0 Å². The molecule has 6 heteroatoms. The predicted molar refractivity (Wildman–Crippen MR) is 77.4 cm³/mol. The fourth-order valence-corrected chi connectivity index (χ4v) is 2.34. The zero-order valence-corrected chi connectivity index (χ0v) is 12.1. The average molecular weight is 298 g/mol. The molecule has 0 aliphatic heterocycles. The number of carbonyl (C=O) groups excluding carboxylic acids is 1. The van der Waals surface area contributed by atoms with E-state index in [1.165, 1.54) is 12.1 Å². The van der Waals surface area contributed by atoms with Crippen molar-refractivity contribution in [3.05, 3.63) is 29.8 Å². The number of amides is 1. The summed E-state index contributed by atoms with van der Waals surface area (Å²) in [5.41, 5.74) is 1.43. The molecule has 1 aromatic heterocycles. The van der Waals surface area contributed by atoms with Crippen molar-refractivity contribution in [2.75, 3.05) is 12.4 Å². The molecule has 4 nitrogen and oxygen atoms in total. The summed E-state index contributed by atoms with van der Waals surface area (Å²) >= 11 is 5.77. The van der Waals surface area contributed by atoms with Gasteiger partial charge in [0.15, 0.2) is 0 Å². The van der Waals surface area contributed by atoms with Crippen LogP contribution in [0.3, 0.4) is 0 Å². The van der Waals surface area contributed by atoms with Crippen LogP contribution in [0.1, 0.15) is 19.2 Å². The number of nitrogens with one attached hydrogen (secondary N) is 1. The van der Waals surface area contributed by atoms with Gasteiger partial charge in [0.2, 0.25) is 5.91 Å². The van der Waals surface area contributed by atoms with Gasteiger partial charge in [-0.25, -0.2) is 9.37 Å². The molecule has 0 aliphatic carbocycles.